The molecule has 5 nitrogen and oxygen atoms in total. The monoisotopic (exact) mass is 422 g/mol. The van der Waals surface area contributed by atoms with Gasteiger partial charge in [-0.3, -0.25) is 4.79 Å². The third-order valence-electron chi connectivity index (χ3n) is 5.13. The highest BCUT2D eigenvalue weighted by Gasteiger charge is 2.31. The largest absolute Gasteiger partial charge is 0.494 e. The quantitative estimate of drug-likeness (QED) is 0.505. The summed E-state index contributed by atoms with van der Waals surface area (Å²) in [5.74, 6) is 1.56. The number of thiazole rings is 1. The van der Waals surface area contributed by atoms with Gasteiger partial charge in [0.2, 0.25) is 0 Å². The van der Waals surface area contributed by atoms with Crippen LogP contribution < -0.4 is 14.4 Å². The van der Waals surface area contributed by atoms with Crippen LogP contribution in [0.1, 0.15) is 28.8 Å². The SMILES string of the molecule is Cc1cccc(OCCCN2C(=O)C(C)Oc3ccc(-c4nc(C)sc4C)cc32)c1. The molecule has 0 aliphatic carbocycles. The lowest BCUT2D eigenvalue weighted by atomic mass is 10.1. The smallest absolute Gasteiger partial charge is 0.267 e. The lowest BCUT2D eigenvalue weighted by molar-refractivity contribution is -0.125. The van der Waals surface area contributed by atoms with Gasteiger partial charge in [-0.2, -0.15) is 0 Å². The maximum Gasteiger partial charge on any atom is 0.267 e. The topological polar surface area (TPSA) is 51.7 Å². The molecule has 0 spiro atoms. The summed E-state index contributed by atoms with van der Waals surface area (Å²) in [6, 6.07) is 14.0. The number of aryl methyl sites for hydroxylation is 3. The number of fused-ring (bicyclic) bond motifs is 1. The number of hydrogen-bond donors (Lipinski definition) is 0. The van der Waals surface area contributed by atoms with E-state index >= 15 is 0 Å². The van der Waals surface area contributed by atoms with Crippen LogP contribution in [0.25, 0.3) is 11.3 Å². The molecular formula is C24H26N2O3S. The number of ether oxygens (including phenoxy) is 2. The molecule has 3 aromatic rings. The highest BCUT2D eigenvalue weighted by molar-refractivity contribution is 7.11. The van der Waals surface area contributed by atoms with Crippen molar-refractivity contribution in [2.24, 2.45) is 0 Å². The van der Waals surface area contributed by atoms with Crippen LogP contribution in [0.2, 0.25) is 0 Å². The van der Waals surface area contributed by atoms with Gasteiger partial charge >= 0.3 is 0 Å². The van der Waals surface area contributed by atoms with Crippen molar-refractivity contribution in [3.63, 3.8) is 0 Å². The molecule has 1 aliphatic rings. The number of carbonyl (C=O) groups is 1. The van der Waals surface area contributed by atoms with Crippen LogP contribution in [0.5, 0.6) is 11.5 Å². The summed E-state index contributed by atoms with van der Waals surface area (Å²) >= 11 is 1.68. The van der Waals surface area contributed by atoms with E-state index in [1.165, 1.54) is 10.4 Å². The van der Waals surface area contributed by atoms with Gasteiger partial charge in [-0.25, -0.2) is 4.98 Å². The van der Waals surface area contributed by atoms with E-state index in [9.17, 15) is 4.79 Å². The molecular weight excluding hydrogens is 396 g/mol. The lowest BCUT2D eigenvalue weighted by Crippen LogP contribution is -2.45. The Hall–Kier alpha value is -2.86. The molecule has 0 saturated carbocycles. The van der Waals surface area contributed by atoms with Crippen LogP contribution in [0.3, 0.4) is 0 Å². The van der Waals surface area contributed by atoms with Crippen LogP contribution in [0.15, 0.2) is 42.5 Å². The van der Waals surface area contributed by atoms with Crippen molar-refractivity contribution < 1.29 is 14.3 Å². The van der Waals surface area contributed by atoms with Gasteiger partial charge in [0.05, 0.1) is 23.0 Å². The number of rotatable bonds is 6. The molecule has 0 N–H and O–H groups in total. The fraction of sp³-hybridized carbons (Fsp3) is 0.333. The number of benzene rings is 2. The third-order valence-corrected chi connectivity index (χ3v) is 6.01. The Morgan fingerprint density at radius 1 is 1.17 bits per heavy atom. The molecule has 1 atom stereocenters. The Balaban J connectivity index is 1.52. The molecule has 1 amide bonds. The number of anilines is 1. The van der Waals surface area contributed by atoms with Gasteiger partial charge in [0, 0.05) is 17.0 Å². The Morgan fingerprint density at radius 3 is 2.73 bits per heavy atom. The van der Waals surface area contributed by atoms with E-state index in [2.05, 4.69) is 11.9 Å². The molecule has 2 aromatic carbocycles. The van der Waals surface area contributed by atoms with Crippen LogP contribution in [-0.4, -0.2) is 30.1 Å². The Bertz CT molecular complexity index is 1080. The summed E-state index contributed by atoms with van der Waals surface area (Å²) in [5.41, 5.74) is 3.94. The highest BCUT2D eigenvalue weighted by atomic mass is 32.1. The highest BCUT2D eigenvalue weighted by Crippen LogP contribution is 2.38. The van der Waals surface area contributed by atoms with Crippen molar-refractivity contribution in [3.05, 3.63) is 57.9 Å². The summed E-state index contributed by atoms with van der Waals surface area (Å²) < 4.78 is 11.7. The van der Waals surface area contributed by atoms with E-state index in [0.29, 0.717) is 13.2 Å². The summed E-state index contributed by atoms with van der Waals surface area (Å²) in [6.07, 6.45) is 0.231. The molecule has 0 radical (unpaired) electrons. The van der Waals surface area contributed by atoms with E-state index in [4.69, 9.17) is 9.47 Å². The Kier molecular flexibility index (Phi) is 5.77. The van der Waals surface area contributed by atoms with Gasteiger partial charge in [0.1, 0.15) is 11.5 Å². The van der Waals surface area contributed by atoms with E-state index in [1.54, 1.807) is 18.3 Å². The van der Waals surface area contributed by atoms with Crippen molar-refractivity contribution in [2.75, 3.05) is 18.1 Å². The minimum Gasteiger partial charge on any atom is -0.494 e. The van der Waals surface area contributed by atoms with Crippen LogP contribution in [0.4, 0.5) is 5.69 Å². The number of amides is 1. The van der Waals surface area contributed by atoms with Crippen LogP contribution in [-0.2, 0) is 4.79 Å². The van der Waals surface area contributed by atoms with E-state index in [-0.39, 0.29) is 5.91 Å². The molecule has 1 aliphatic heterocycles. The zero-order valence-corrected chi connectivity index (χ0v) is 18.6. The van der Waals surface area contributed by atoms with Gasteiger partial charge in [0.15, 0.2) is 6.10 Å². The number of nitrogens with zero attached hydrogens (tertiary/aromatic N) is 2. The van der Waals surface area contributed by atoms with Crippen molar-refractivity contribution in [1.82, 2.24) is 4.98 Å². The summed E-state index contributed by atoms with van der Waals surface area (Å²) in [5, 5.41) is 1.03. The maximum absolute atomic E-state index is 12.9. The van der Waals surface area contributed by atoms with Gasteiger partial charge in [-0.05, 0) is 70.0 Å². The second-order valence-corrected chi connectivity index (χ2v) is 9.00. The molecule has 0 fully saturated rings. The molecule has 4 rings (SSSR count). The average molecular weight is 423 g/mol. The number of hydrogen-bond acceptors (Lipinski definition) is 5. The Labute approximate surface area is 181 Å². The summed E-state index contributed by atoms with van der Waals surface area (Å²) in [4.78, 5) is 20.5. The molecule has 0 saturated heterocycles. The first-order chi connectivity index (χ1) is 14.4. The predicted octanol–water partition coefficient (Wildman–Crippen LogP) is 5.32. The van der Waals surface area contributed by atoms with Crippen LogP contribution in [0, 0.1) is 20.8 Å². The van der Waals surface area contributed by atoms with Crippen molar-refractivity contribution in [2.45, 2.75) is 40.2 Å². The second kappa shape index (κ2) is 8.48. The third kappa shape index (κ3) is 4.19. The van der Waals surface area contributed by atoms with E-state index in [0.717, 1.165) is 39.9 Å². The molecule has 1 unspecified atom stereocenters. The lowest BCUT2D eigenvalue weighted by Gasteiger charge is -2.33. The van der Waals surface area contributed by atoms with E-state index < -0.39 is 6.10 Å². The molecule has 156 valence electrons. The zero-order chi connectivity index (χ0) is 21.3. The zero-order valence-electron chi connectivity index (χ0n) is 17.8. The molecule has 1 aromatic heterocycles. The second-order valence-electron chi connectivity index (χ2n) is 7.59. The fourth-order valence-electron chi connectivity index (χ4n) is 3.70. The number of aromatic nitrogens is 1. The summed E-state index contributed by atoms with van der Waals surface area (Å²) in [6.45, 7) is 9.04. The molecule has 0 bridgehead atoms. The predicted molar refractivity (Wildman–Crippen MR) is 121 cm³/mol. The number of carbonyl (C=O) groups excluding carboxylic acids is 1. The average Bonchev–Trinajstić information content (AvgIpc) is 3.05. The Morgan fingerprint density at radius 2 is 2.00 bits per heavy atom. The van der Waals surface area contributed by atoms with Gasteiger partial charge in [0.25, 0.3) is 5.91 Å². The molecule has 2 heterocycles. The standard InChI is InChI=1S/C24H26N2O3S/c1-15-7-5-8-20(13-15)28-12-6-11-26-21-14-19(23-17(3)30-18(4)25-23)9-10-22(21)29-16(2)24(26)27/h5,7-10,13-14,16H,6,11-12H2,1-4H3. The van der Waals surface area contributed by atoms with E-state index in [1.807, 2.05) is 61.2 Å². The minimum atomic E-state index is -0.496. The van der Waals surface area contributed by atoms with Crippen molar-refractivity contribution in [1.29, 1.82) is 0 Å². The summed E-state index contributed by atoms with van der Waals surface area (Å²) in [7, 11) is 0. The molecule has 30 heavy (non-hydrogen) atoms. The normalized spacial score (nSPS) is 15.7. The first-order valence-corrected chi connectivity index (χ1v) is 11.0. The first-order valence-electron chi connectivity index (χ1n) is 10.2. The van der Waals surface area contributed by atoms with Crippen LogP contribution >= 0.6 is 11.3 Å². The maximum atomic E-state index is 12.9. The first kappa shape index (κ1) is 20.4. The van der Waals surface area contributed by atoms with Crippen molar-refractivity contribution in [3.8, 4) is 22.8 Å². The fourth-order valence-corrected chi connectivity index (χ4v) is 4.54. The minimum absolute atomic E-state index is 0.0265. The van der Waals surface area contributed by atoms with Gasteiger partial charge in [-0.1, -0.05) is 12.1 Å². The van der Waals surface area contributed by atoms with Crippen molar-refractivity contribution >= 4 is 22.9 Å². The molecule has 6 heteroatoms. The van der Waals surface area contributed by atoms with Gasteiger partial charge in [-0.15, -0.1) is 11.3 Å². The van der Waals surface area contributed by atoms with Gasteiger partial charge < -0.3 is 14.4 Å².